The van der Waals surface area contributed by atoms with Crippen molar-refractivity contribution < 1.29 is 9.13 Å². The third kappa shape index (κ3) is 6.39. The Bertz CT molecular complexity index is 659. The number of pyridine rings is 1. The summed E-state index contributed by atoms with van der Waals surface area (Å²) in [5, 5.41) is 3.02. The van der Waals surface area contributed by atoms with Gasteiger partial charge in [0.25, 0.3) is 0 Å². The molecule has 0 aliphatic heterocycles. The molecule has 0 saturated carbocycles. The summed E-state index contributed by atoms with van der Waals surface area (Å²) < 4.78 is 18.5. The molecule has 1 heterocycles. The third-order valence-corrected chi connectivity index (χ3v) is 2.83. The van der Waals surface area contributed by atoms with Crippen LogP contribution in [-0.2, 0) is 0 Å². The maximum Gasteiger partial charge on any atom is 0.250 e. The Kier molecular flexibility index (Phi) is 7.73. The molecule has 7 heteroatoms. The van der Waals surface area contributed by atoms with Gasteiger partial charge in [-0.05, 0) is 49.2 Å². The van der Waals surface area contributed by atoms with Crippen LogP contribution in [0.4, 0.5) is 10.1 Å². The van der Waals surface area contributed by atoms with E-state index in [0.717, 1.165) is 16.8 Å². The van der Waals surface area contributed by atoms with Gasteiger partial charge in [0.05, 0.1) is 6.54 Å². The lowest BCUT2D eigenvalue weighted by Gasteiger charge is -2.08. The van der Waals surface area contributed by atoms with E-state index in [9.17, 15) is 4.39 Å². The fourth-order valence-corrected chi connectivity index (χ4v) is 2.02. The molecular weight excluding hydrogens is 410 g/mol. The van der Waals surface area contributed by atoms with Crippen LogP contribution in [0.5, 0.6) is 5.88 Å². The first-order valence-corrected chi connectivity index (χ1v) is 6.93. The molecule has 0 aliphatic rings. The summed E-state index contributed by atoms with van der Waals surface area (Å²) in [5.41, 5.74) is 8.98. The number of hydrogen-bond acceptors (Lipinski definition) is 3. The van der Waals surface area contributed by atoms with Crippen molar-refractivity contribution in [3.8, 4) is 5.88 Å². The molecule has 2 rings (SSSR count). The molecule has 1 aromatic carbocycles. The first kappa shape index (κ1) is 19.1. The van der Waals surface area contributed by atoms with Crippen LogP contribution in [0.15, 0.2) is 41.5 Å². The number of anilines is 1. The van der Waals surface area contributed by atoms with Gasteiger partial charge in [-0.3, -0.25) is 0 Å². The second-order valence-corrected chi connectivity index (χ2v) is 4.91. The average Bonchev–Trinajstić information content (AvgIpc) is 2.44. The van der Waals surface area contributed by atoms with Crippen molar-refractivity contribution in [2.24, 2.45) is 10.7 Å². The van der Waals surface area contributed by atoms with E-state index < -0.39 is 5.82 Å². The van der Waals surface area contributed by atoms with Crippen molar-refractivity contribution in [1.82, 2.24) is 4.98 Å². The van der Waals surface area contributed by atoms with Crippen LogP contribution < -0.4 is 15.8 Å². The summed E-state index contributed by atoms with van der Waals surface area (Å²) in [4.78, 5) is 7.92. The minimum atomic E-state index is -0.493. The van der Waals surface area contributed by atoms with Crippen molar-refractivity contribution in [2.75, 3.05) is 18.5 Å². The number of benzene rings is 1. The molecule has 0 saturated heterocycles. The average molecular weight is 430 g/mol. The van der Waals surface area contributed by atoms with E-state index in [0.29, 0.717) is 6.54 Å². The quantitative estimate of drug-likeness (QED) is 0.331. The predicted molar refractivity (Wildman–Crippen MR) is 101 cm³/mol. The summed E-state index contributed by atoms with van der Waals surface area (Å²) in [6, 6.07) is 8.84. The highest BCUT2D eigenvalue weighted by Gasteiger charge is 2.02. The molecule has 3 N–H and O–H groups in total. The SMILES string of the molecule is Cc1cc(C)cc(NC(N)=NCCOc2ncccc2F)c1.I. The lowest BCUT2D eigenvalue weighted by molar-refractivity contribution is 0.298. The number of hydrogen-bond donors (Lipinski definition) is 2. The van der Waals surface area contributed by atoms with Crippen LogP contribution in [-0.4, -0.2) is 24.1 Å². The highest BCUT2D eigenvalue weighted by Crippen LogP contribution is 2.13. The maximum absolute atomic E-state index is 13.3. The lowest BCUT2D eigenvalue weighted by atomic mass is 10.1. The molecule has 0 aliphatic carbocycles. The zero-order valence-corrected chi connectivity index (χ0v) is 15.4. The first-order valence-electron chi connectivity index (χ1n) is 6.93. The second kappa shape index (κ2) is 9.29. The number of halogens is 2. The molecule has 1 aromatic heterocycles. The predicted octanol–water partition coefficient (Wildman–Crippen LogP) is 3.26. The number of nitrogens with one attached hydrogen (secondary N) is 1. The van der Waals surface area contributed by atoms with Crippen LogP contribution >= 0.6 is 24.0 Å². The summed E-state index contributed by atoms with van der Waals surface area (Å²) in [6.07, 6.45) is 1.47. The minimum absolute atomic E-state index is 0. The highest BCUT2D eigenvalue weighted by molar-refractivity contribution is 14.0. The van der Waals surface area contributed by atoms with Crippen molar-refractivity contribution in [3.05, 3.63) is 53.5 Å². The zero-order valence-electron chi connectivity index (χ0n) is 13.0. The molecule has 0 bridgehead atoms. The van der Waals surface area contributed by atoms with Gasteiger partial charge in [-0.15, -0.1) is 24.0 Å². The van der Waals surface area contributed by atoms with Crippen LogP contribution in [0.1, 0.15) is 11.1 Å². The Morgan fingerprint density at radius 3 is 2.65 bits per heavy atom. The molecular formula is C16H20FIN4O. The van der Waals surface area contributed by atoms with E-state index >= 15 is 0 Å². The third-order valence-electron chi connectivity index (χ3n) is 2.83. The summed E-state index contributed by atoms with van der Waals surface area (Å²) in [5.74, 6) is -0.235. The first-order chi connectivity index (χ1) is 10.5. The Morgan fingerprint density at radius 2 is 2.00 bits per heavy atom. The Labute approximate surface area is 152 Å². The highest BCUT2D eigenvalue weighted by atomic mass is 127. The van der Waals surface area contributed by atoms with Crippen molar-refractivity contribution in [2.45, 2.75) is 13.8 Å². The smallest absolute Gasteiger partial charge is 0.250 e. The largest absolute Gasteiger partial charge is 0.474 e. The molecule has 0 fully saturated rings. The molecule has 23 heavy (non-hydrogen) atoms. The second-order valence-electron chi connectivity index (χ2n) is 4.91. The number of aliphatic imine (C=N–C) groups is 1. The standard InChI is InChI=1S/C16H19FN4O.HI/c1-11-8-12(2)10-13(9-11)21-16(18)20-6-7-22-15-14(17)4-3-5-19-15;/h3-5,8-10H,6-7H2,1-2H3,(H3,18,20,21);1H. The van der Waals surface area contributed by atoms with E-state index in [1.54, 1.807) is 0 Å². The van der Waals surface area contributed by atoms with Crippen molar-refractivity contribution in [3.63, 3.8) is 0 Å². The summed E-state index contributed by atoms with van der Waals surface area (Å²) >= 11 is 0. The van der Waals surface area contributed by atoms with Crippen LogP contribution in [0, 0.1) is 19.7 Å². The Morgan fingerprint density at radius 1 is 1.30 bits per heavy atom. The van der Waals surface area contributed by atoms with Crippen molar-refractivity contribution in [1.29, 1.82) is 0 Å². The molecule has 0 amide bonds. The molecule has 0 radical (unpaired) electrons. The van der Waals surface area contributed by atoms with E-state index in [2.05, 4.69) is 21.4 Å². The maximum atomic E-state index is 13.3. The van der Waals surface area contributed by atoms with Gasteiger partial charge < -0.3 is 15.8 Å². The number of nitrogens with zero attached hydrogens (tertiary/aromatic N) is 2. The van der Waals surface area contributed by atoms with Gasteiger partial charge in [0, 0.05) is 11.9 Å². The number of aryl methyl sites for hydroxylation is 2. The normalized spacial score (nSPS) is 10.8. The fraction of sp³-hybridized carbons (Fsp3) is 0.250. The molecule has 5 nitrogen and oxygen atoms in total. The molecule has 124 valence electrons. The number of guanidine groups is 1. The minimum Gasteiger partial charge on any atom is -0.474 e. The molecule has 0 atom stereocenters. The van der Waals surface area contributed by atoms with E-state index in [4.69, 9.17) is 10.5 Å². The molecule has 0 unspecified atom stereocenters. The van der Waals surface area contributed by atoms with E-state index in [1.165, 1.54) is 18.3 Å². The summed E-state index contributed by atoms with van der Waals surface area (Å²) in [6.45, 7) is 4.53. The number of rotatable bonds is 5. The molecule has 0 spiro atoms. The van der Waals surface area contributed by atoms with Gasteiger partial charge in [0.1, 0.15) is 6.61 Å². The topological polar surface area (TPSA) is 72.5 Å². The zero-order chi connectivity index (χ0) is 15.9. The number of nitrogens with two attached hydrogens (primary N) is 1. The number of ether oxygens (including phenoxy) is 1. The summed E-state index contributed by atoms with van der Waals surface area (Å²) in [7, 11) is 0. The van der Waals surface area contributed by atoms with Gasteiger partial charge in [0.15, 0.2) is 11.8 Å². The fourth-order valence-electron chi connectivity index (χ4n) is 2.02. The van der Waals surface area contributed by atoms with Gasteiger partial charge in [0.2, 0.25) is 5.88 Å². The number of aromatic nitrogens is 1. The Hall–Kier alpha value is -1.90. The van der Waals surface area contributed by atoms with Crippen LogP contribution in [0.3, 0.4) is 0 Å². The van der Waals surface area contributed by atoms with Gasteiger partial charge in [-0.1, -0.05) is 6.07 Å². The van der Waals surface area contributed by atoms with Gasteiger partial charge in [-0.25, -0.2) is 14.4 Å². The lowest BCUT2D eigenvalue weighted by Crippen LogP contribution is -2.23. The van der Waals surface area contributed by atoms with Crippen molar-refractivity contribution >= 4 is 35.6 Å². The Balaban J connectivity index is 0.00000264. The van der Waals surface area contributed by atoms with Crippen LogP contribution in [0.25, 0.3) is 0 Å². The van der Waals surface area contributed by atoms with E-state index in [-0.39, 0.29) is 42.4 Å². The monoisotopic (exact) mass is 430 g/mol. The van der Waals surface area contributed by atoms with Crippen LogP contribution in [0.2, 0.25) is 0 Å². The van der Waals surface area contributed by atoms with Gasteiger partial charge >= 0.3 is 0 Å². The van der Waals surface area contributed by atoms with Gasteiger partial charge in [-0.2, -0.15) is 0 Å². The van der Waals surface area contributed by atoms with E-state index in [1.807, 2.05) is 26.0 Å². The molecule has 2 aromatic rings.